The molecule has 2 N–H and O–H groups in total. The summed E-state index contributed by atoms with van der Waals surface area (Å²) in [6, 6.07) is 9.97. The summed E-state index contributed by atoms with van der Waals surface area (Å²) in [7, 11) is 0. The third-order valence-electron chi connectivity index (χ3n) is 2.84. The number of benzene rings is 1. The minimum atomic E-state index is -0.197. The maximum absolute atomic E-state index is 5.96. The lowest BCUT2D eigenvalue weighted by molar-refractivity contribution is 0.349. The van der Waals surface area contributed by atoms with Crippen LogP contribution in [-0.2, 0) is 0 Å². The molecule has 106 valence electrons. The van der Waals surface area contributed by atoms with Crippen LogP contribution in [0.15, 0.2) is 46.0 Å². The standard InChI is InChI=1S/C15H19N3OS/c1-11(2)13(16)14-17-18-15(19-14)20-10-6-9-12-7-4-3-5-8-12/h3-9,11,13H,10,16H2,1-2H3/t13-/m0/s1. The highest BCUT2D eigenvalue weighted by atomic mass is 32.2. The number of aromatic nitrogens is 2. The number of thioether (sulfide) groups is 1. The van der Waals surface area contributed by atoms with Gasteiger partial charge in [-0.05, 0) is 11.5 Å². The van der Waals surface area contributed by atoms with Crippen molar-refractivity contribution in [3.8, 4) is 0 Å². The highest BCUT2D eigenvalue weighted by Crippen LogP contribution is 2.22. The van der Waals surface area contributed by atoms with Crippen LogP contribution in [0.3, 0.4) is 0 Å². The molecule has 1 heterocycles. The second-order valence-electron chi connectivity index (χ2n) is 4.80. The van der Waals surface area contributed by atoms with Crippen LogP contribution < -0.4 is 5.73 Å². The number of hydrogen-bond acceptors (Lipinski definition) is 5. The van der Waals surface area contributed by atoms with Crippen molar-refractivity contribution in [1.29, 1.82) is 0 Å². The Labute approximate surface area is 123 Å². The van der Waals surface area contributed by atoms with Gasteiger partial charge >= 0.3 is 0 Å². The predicted molar refractivity (Wildman–Crippen MR) is 82.3 cm³/mol. The highest BCUT2D eigenvalue weighted by molar-refractivity contribution is 7.99. The molecule has 0 radical (unpaired) electrons. The minimum absolute atomic E-state index is 0.197. The van der Waals surface area contributed by atoms with Gasteiger partial charge in [0.05, 0.1) is 6.04 Å². The normalized spacial score (nSPS) is 13.2. The van der Waals surface area contributed by atoms with Gasteiger partial charge in [0.1, 0.15) is 0 Å². The van der Waals surface area contributed by atoms with Gasteiger partial charge in [0.15, 0.2) is 0 Å². The molecule has 0 spiro atoms. The molecule has 0 saturated carbocycles. The van der Waals surface area contributed by atoms with E-state index in [0.717, 1.165) is 5.75 Å². The van der Waals surface area contributed by atoms with Crippen molar-refractivity contribution in [1.82, 2.24) is 10.2 Å². The minimum Gasteiger partial charge on any atom is -0.414 e. The lowest BCUT2D eigenvalue weighted by Gasteiger charge is -2.09. The SMILES string of the molecule is CC(C)[C@H](N)c1nnc(SCC=Cc2ccccc2)o1. The molecule has 1 atom stereocenters. The molecular formula is C15H19N3OS. The van der Waals surface area contributed by atoms with Crippen LogP contribution in [0.25, 0.3) is 6.08 Å². The Morgan fingerprint density at radius 3 is 2.70 bits per heavy atom. The van der Waals surface area contributed by atoms with Crippen molar-refractivity contribution in [2.75, 3.05) is 5.75 Å². The second kappa shape index (κ2) is 7.26. The van der Waals surface area contributed by atoms with Crippen LogP contribution in [0.1, 0.15) is 31.3 Å². The fraction of sp³-hybridized carbons (Fsp3) is 0.333. The number of nitrogens with zero attached hydrogens (tertiary/aromatic N) is 2. The van der Waals surface area contributed by atoms with Crippen molar-refractivity contribution in [2.45, 2.75) is 25.1 Å². The number of hydrogen-bond donors (Lipinski definition) is 1. The molecule has 4 nitrogen and oxygen atoms in total. The Bertz CT molecular complexity index is 551. The smallest absolute Gasteiger partial charge is 0.276 e. The first-order valence-corrected chi connectivity index (χ1v) is 7.58. The summed E-state index contributed by atoms with van der Waals surface area (Å²) in [5.74, 6) is 1.58. The lowest BCUT2D eigenvalue weighted by atomic mass is 10.1. The third-order valence-corrected chi connectivity index (χ3v) is 3.61. The second-order valence-corrected chi connectivity index (χ2v) is 5.77. The molecule has 2 rings (SSSR count). The summed E-state index contributed by atoms with van der Waals surface area (Å²) >= 11 is 1.51. The van der Waals surface area contributed by atoms with Gasteiger partial charge in [0.25, 0.3) is 5.22 Å². The summed E-state index contributed by atoms with van der Waals surface area (Å²) in [5, 5.41) is 8.55. The average molecular weight is 289 g/mol. The fourth-order valence-corrected chi connectivity index (χ4v) is 2.14. The van der Waals surface area contributed by atoms with Gasteiger partial charge in [0.2, 0.25) is 5.89 Å². The van der Waals surface area contributed by atoms with E-state index in [4.69, 9.17) is 10.2 Å². The largest absolute Gasteiger partial charge is 0.414 e. The van der Waals surface area contributed by atoms with Gasteiger partial charge in [-0.2, -0.15) is 0 Å². The molecule has 5 heteroatoms. The first kappa shape index (κ1) is 14.8. The van der Waals surface area contributed by atoms with Crippen molar-refractivity contribution in [3.63, 3.8) is 0 Å². The molecule has 0 unspecified atom stereocenters. The van der Waals surface area contributed by atoms with Crippen LogP contribution in [0.5, 0.6) is 0 Å². The molecular weight excluding hydrogens is 270 g/mol. The van der Waals surface area contributed by atoms with E-state index in [1.54, 1.807) is 0 Å². The van der Waals surface area contributed by atoms with E-state index >= 15 is 0 Å². The van der Waals surface area contributed by atoms with Crippen molar-refractivity contribution >= 4 is 17.8 Å². The van der Waals surface area contributed by atoms with Crippen LogP contribution in [0.4, 0.5) is 0 Å². The Balaban J connectivity index is 1.84. The van der Waals surface area contributed by atoms with E-state index in [1.165, 1.54) is 17.3 Å². The summed E-state index contributed by atoms with van der Waals surface area (Å²) in [6.45, 7) is 4.06. The first-order chi connectivity index (χ1) is 9.66. The van der Waals surface area contributed by atoms with Crippen LogP contribution in [0.2, 0.25) is 0 Å². The van der Waals surface area contributed by atoms with E-state index in [1.807, 2.05) is 32.0 Å². The summed E-state index contributed by atoms with van der Waals surface area (Å²) < 4.78 is 5.54. The van der Waals surface area contributed by atoms with Gasteiger partial charge in [-0.3, -0.25) is 0 Å². The van der Waals surface area contributed by atoms with Crippen molar-refractivity contribution in [2.24, 2.45) is 11.7 Å². The third kappa shape index (κ3) is 4.21. The van der Waals surface area contributed by atoms with Crippen molar-refractivity contribution < 1.29 is 4.42 Å². The molecule has 2 aromatic rings. The average Bonchev–Trinajstić information content (AvgIpc) is 2.92. The molecule has 1 aromatic carbocycles. The Hall–Kier alpha value is -1.59. The lowest BCUT2D eigenvalue weighted by Crippen LogP contribution is -2.16. The van der Waals surface area contributed by atoms with Gasteiger partial charge in [0, 0.05) is 5.75 Å². The Kier molecular flexibility index (Phi) is 5.38. The van der Waals surface area contributed by atoms with Crippen LogP contribution in [0, 0.1) is 5.92 Å². The van der Waals surface area contributed by atoms with E-state index in [-0.39, 0.29) is 12.0 Å². The summed E-state index contributed by atoms with van der Waals surface area (Å²) in [4.78, 5) is 0. The number of rotatable bonds is 6. The van der Waals surface area contributed by atoms with Gasteiger partial charge in [-0.25, -0.2) is 0 Å². The van der Waals surface area contributed by atoms with E-state index in [9.17, 15) is 0 Å². The Morgan fingerprint density at radius 2 is 2.00 bits per heavy atom. The first-order valence-electron chi connectivity index (χ1n) is 6.60. The van der Waals surface area contributed by atoms with Crippen LogP contribution in [-0.4, -0.2) is 16.0 Å². The quantitative estimate of drug-likeness (QED) is 0.824. The molecule has 0 fully saturated rings. The fourth-order valence-electron chi connectivity index (χ4n) is 1.57. The molecule has 0 saturated heterocycles. The van der Waals surface area contributed by atoms with Crippen LogP contribution >= 0.6 is 11.8 Å². The molecule has 0 bridgehead atoms. The van der Waals surface area contributed by atoms with E-state index < -0.39 is 0 Å². The topological polar surface area (TPSA) is 64.9 Å². The summed E-state index contributed by atoms with van der Waals surface area (Å²) in [5.41, 5.74) is 7.14. The van der Waals surface area contributed by atoms with Gasteiger partial charge in [-0.15, -0.1) is 10.2 Å². The molecule has 0 aliphatic rings. The highest BCUT2D eigenvalue weighted by Gasteiger charge is 2.17. The zero-order valence-corrected chi connectivity index (χ0v) is 12.5. The van der Waals surface area contributed by atoms with Crippen molar-refractivity contribution in [3.05, 3.63) is 47.9 Å². The van der Waals surface area contributed by atoms with Gasteiger partial charge < -0.3 is 10.2 Å². The maximum atomic E-state index is 5.96. The monoisotopic (exact) mass is 289 g/mol. The molecule has 0 amide bonds. The van der Waals surface area contributed by atoms with E-state index in [2.05, 4.69) is 34.5 Å². The van der Waals surface area contributed by atoms with Gasteiger partial charge in [-0.1, -0.05) is 68.1 Å². The molecule has 0 aliphatic carbocycles. The summed E-state index contributed by atoms with van der Waals surface area (Å²) in [6.07, 6.45) is 4.15. The van der Waals surface area contributed by atoms with E-state index in [0.29, 0.717) is 11.1 Å². The zero-order chi connectivity index (χ0) is 14.4. The molecule has 0 aliphatic heterocycles. The maximum Gasteiger partial charge on any atom is 0.276 e. The predicted octanol–water partition coefficient (Wildman–Crippen LogP) is 3.53. The molecule has 1 aromatic heterocycles. The zero-order valence-electron chi connectivity index (χ0n) is 11.7. The number of nitrogens with two attached hydrogens (primary N) is 1. The Morgan fingerprint density at radius 1 is 1.25 bits per heavy atom. The molecule has 20 heavy (non-hydrogen) atoms.